The van der Waals surface area contributed by atoms with Gasteiger partial charge >= 0.3 is 5.97 Å². The van der Waals surface area contributed by atoms with Crippen molar-refractivity contribution in [2.75, 3.05) is 6.61 Å². The van der Waals surface area contributed by atoms with Crippen molar-refractivity contribution in [3.05, 3.63) is 77.2 Å². The fourth-order valence-electron chi connectivity index (χ4n) is 3.75. The number of benzene rings is 2. The van der Waals surface area contributed by atoms with Gasteiger partial charge in [0.05, 0.1) is 6.61 Å². The second-order valence-electron chi connectivity index (χ2n) is 7.73. The molecule has 1 aromatic heterocycles. The minimum Gasteiger partial charge on any atom is -0.461 e. The summed E-state index contributed by atoms with van der Waals surface area (Å²) in [6.07, 6.45) is 3.03. The van der Waals surface area contributed by atoms with E-state index in [0.717, 1.165) is 24.8 Å². The Morgan fingerprint density at radius 2 is 1.82 bits per heavy atom. The SMILES string of the molecule is CC(C)c1oc(-c2ccccc2)nc1C(=O)OCC1CCc2ccccc2C1. The largest absolute Gasteiger partial charge is 0.461 e. The number of oxazole rings is 1. The van der Waals surface area contributed by atoms with Crippen molar-refractivity contribution in [1.82, 2.24) is 4.98 Å². The summed E-state index contributed by atoms with van der Waals surface area (Å²) in [6.45, 7) is 4.40. The minimum atomic E-state index is -0.395. The van der Waals surface area contributed by atoms with E-state index in [1.165, 1.54) is 11.1 Å². The van der Waals surface area contributed by atoms with E-state index in [2.05, 4.69) is 29.2 Å². The number of fused-ring (bicyclic) bond motifs is 1. The van der Waals surface area contributed by atoms with Gasteiger partial charge in [0.15, 0.2) is 5.69 Å². The number of aromatic nitrogens is 1. The molecule has 0 saturated heterocycles. The molecule has 0 radical (unpaired) electrons. The third kappa shape index (κ3) is 3.86. The highest BCUT2D eigenvalue weighted by atomic mass is 16.5. The van der Waals surface area contributed by atoms with Gasteiger partial charge in [-0.2, -0.15) is 0 Å². The molecule has 4 heteroatoms. The number of esters is 1. The maximum atomic E-state index is 12.8. The molecule has 4 nitrogen and oxygen atoms in total. The number of nitrogens with zero attached hydrogens (tertiary/aromatic N) is 1. The molecule has 0 N–H and O–H groups in total. The van der Waals surface area contributed by atoms with Gasteiger partial charge in [0, 0.05) is 11.5 Å². The van der Waals surface area contributed by atoms with E-state index in [1.807, 2.05) is 44.2 Å². The smallest absolute Gasteiger partial charge is 0.360 e. The Kier molecular flexibility index (Phi) is 5.29. The lowest BCUT2D eigenvalue weighted by Gasteiger charge is -2.24. The maximum absolute atomic E-state index is 12.8. The van der Waals surface area contributed by atoms with Crippen LogP contribution < -0.4 is 0 Å². The molecular formula is C24H25NO3. The number of carbonyl (C=O) groups excluding carboxylic acids is 1. The zero-order valence-electron chi connectivity index (χ0n) is 16.4. The molecule has 0 amide bonds. The molecule has 4 rings (SSSR count). The van der Waals surface area contributed by atoms with E-state index in [-0.39, 0.29) is 5.92 Å². The standard InChI is InChI=1S/C24H25NO3/c1-16(2)22-21(25-23(28-22)19-9-4-3-5-10-19)24(26)27-15-17-12-13-18-8-6-7-11-20(18)14-17/h3-11,16-17H,12-15H2,1-2H3. The number of ether oxygens (including phenoxy) is 1. The molecule has 0 spiro atoms. The monoisotopic (exact) mass is 375 g/mol. The van der Waals surface area contributed by atoms with E-state index in [9.17, 15) is 4.79 Å². The summed E-state index contributed by atoms with van der Waals surface area (Å²) < 4.78 is 11.6. The highest BCUT2D eigenvalue weighted by molar-refractivity contribution is 5.89. The van der Waals surface area contributed by atoms with Gasteiger partial charge < -0.3 is 9.15 Å². The van der Waals surface area contributed by atoms with Crippen LogP contribution in [0.4, 0.5) is 0 Å². The lowest BCUT2D eigenvalue weighted by Crippen LogP contribution is -2.21. The first-order chi connectivity index (χ1) is 13.6. The maximum Gasteiger partial charge on any atom is 0.360 e. The Hall–Kier alpha value is -2.88. The predicted octanol–water partition coefficient (Wildman–Crippen LogP) is 5.43. The summed E-state index contributed by atoms with van der Waals surface area (Å²) in [7, 11) is 0. The van der Waals surface area contributed by atoms with Crippen LogP contribution in [0.2, 0.25) is 0 Å². The quantitative estimate of drug-likeness (QED) is 0.558. The number of aryl methyl sites for hydroxylation is 1. The van der Waals surface area contributed by atoms with Gasteiger partial charge in [0.2, 0.25) is 5.89 Å². The van der Waals surface area contributed by atoms with Crippen LogP contribution in [0.15, 0.2) is 59.0 Å². The first kappa shape index (κ1) is 18.5. The number of hydrogen-bond donors (Lipinski definition) is 0. The van der Waals surface area contributed by atoms with E-state index >= 15 is 0 Å². The second-order valence-corrected chi connectivity index (χ2v) is 7.73. The lowest BCUT2D eigenvalue weighted by molar-refractivity contribution is 0.0419. The van der Waals surface area contributed by atoms with Crippen LogP contribution in [-0.4, -0.2) is 17.6 Å². The van der Waals surface area contributed by atoms with Gasteiger partial charge in [-0.15, -0.1) is 0 Å². The fraction of sp³-hybridized carbons (Fsp3) is 0.333. The molecule has 0 aliphatic heterocycles. The van der Waals surface area contributed by atoms with Crippen molar-refractivity contribution >= 4 is 5.97 Å². The molecule has 3 aromatic rings. The Bertz CT molecular complexity index is 959. The molecule has 1 unspecified atom stereocenters. The van der Waals surface area contributed by atoms with Crippen LogP contribution in [0.3, 0.4) is 0 Å². The highest BCUT2D eigenvalue weighted by Gasteiger charge is 2.26. The van der Waals surface area contributed by atoms with Gasteiger partial charge in [-0.3, -0.25) is 0 Å². The van der Waals surface area contributed by atoms with E-state index in [1.54, 1.807) is 0 Å². The summed E-state index contributed by atoms with van der Waals surface area (Å²) in [4.78, 5) is 17.2. The summed E-state index contributed by atoms with van der Waals surface area (Å²) in [5, 5.41) is 0. The number of rotatable bonds is 5. The predicted molar refractivity (Wildman–Crippen MR) is 108 cm³/mol. The van der Waals surface area contributed by atoms with E-state index in [0.29, 0.717) is 29.9 Å². The molecule has 2 aromatic carbocycles. The van der Waals surface area contributed by atoms with Gasteiger partial charge in [0.1, 0.15) is 5.76 Å². The van der Waals surface area contributed by atoms with Crippen molar-refractivity contribution in [3.63, 3.8) is 0 Å². The molecule has 0 saturated carbocycles. The summed E-state index contributed by atoms with van der Waals surface area (Å²) in [5.41, 5.74) is 3.93. The Morgan fingerprint density at radius 3 is 2.57 bits per heavy atom. The van der Waals surface area contributed by atoms with E-state index < -0.39 is 5.97 Å². The van der Waals surface area contributed by atoms with Crippen LogP contribution in [-0.2, 0) is 17.6 Å². The topological polar surface area (TPSA) is 52.3 Å². The normalized spacial score (nSPS) is 16.0. The summed E-state index contributed by atoms with van der Waals surface area (Å²) in [6, 6.07) is 18.1. The first-order valence-corrected chi connectivity index (χ1v) is 9.92. The van der Waals surface area contributed by atoms with Crippen LogP contribution >= 0.6 is 0 Å². The molecule has 0 fully saturated rings. The highest BCUT2D eigenvalue weighted by Crippen LogP contribution is 2.29. The number of carbonyl (C=O) groups is 1. The van der Waals surface area contributed by atoms with Crippen molar-refractivity contribution < 1.29 is 13.9 Å². The van der Waals surface area contributed by atoms with Crippen LogP contribution in [0, 0.1) is 5.92 Å². The molecule has 1 atom stereocenters. The summed E-state index contributed by atoms with van der Waals surface area (Å²) in [5.74, 6) is 1.05. The van der Waals surface area contributed by atoms with Gasteiger partial charge in [-0.25, -0.2) is 9.78 Å². The lowest BCUT2D eigenvalue weighted by atomic mass is 9.84. The Balaban J connectivity index is 1.47. The molecule has 1 aliphatic rings. The Morgan fingerprint density at radius 1 is 1.11 bits per heavy atom. The number of hydrogen-bond acceptors (Lipinski definition) is 4. The fourth-order valence-corrected chi connectivity index (χ4v) is 3.75. The first-order valence-electron chi connectivity index (χ1n) is 9.92. The molecule has 1 heterocycles. The van der Waals surface area contributed by atoms with Gasteiger partial charge in [0.25, 0.3) is 0 Å². The van der Waals surface area contributed by atoms with Crippen LogP contribution in [0.5, 0.6) is 0 Å². The third-order valence-corrected chi connectivity index (χ3v) is 5.29. The summed E-state index contributed by atoms with van der Waals surface area (Å²) >= 11 is 0. The molecule has 1 aliphatic carbocycles. The molecule has 0 bridgehead atoms. The molecular weight excluding hydrogens is 350 g/mol. The van der Waals surface area contributed by atoms with Crippen molar-refractivity contribution in [3.8, 4) is 11.5 Å². The average molecular weight is 375 g/mol. The van der Waals surface area contributed by atoms with Crippen LogP contribution in [0.1, 0.15) is 53.6 Å². The molecule has 28 heavy (non-hydrogen) atoms. The van der Waals surface area contributed by atoms with Crippen molar-refractivity contribution in [2.24, 2.45) is 5.92 Å². The van der Waals surface area contributed by atoms with Crippen molar-refractivity contribution in [1.29, 1.82) is 0 Å². The third-order valence-electron chi connectivity index (χ3n) is 5.29. The van der Waals surface area contributed by atoms with Gasteiger partial charge in [-0.05, 0) is 48.4 Å². The Labute approximate surface area is 165 Å². The van der Waals surface area contributed by atoms with E-state index in [4.69, 9.17) is 9.15 Å². The van der Waals surface area contributed by atoms with Gasteiger partial charge in [-0.1, -0.05) is 56.3 Å². The minimum absolute atomic E-state index is 0.0501. The molecule has 144 valence electrons. The van der Waals surface area contributed by atoms with Crippen molar-refractivity contribution in [2.45, 2.75) is 39.0 Å². The van der Waals surface area contributed by atoms with Crippen LogP contribution in [0.25, 0.3) is 11.5 Å². The zero-order chi connectivity index (χ0) is 19.5. The average Bonchev–Trinajstić information content (AvgIpc) is 3.18. The second kappa shape index (κ2) is 8.01. The zero-order valence-corrected chi connectivity index (χ0v) is 16.4.